The number of ether oxygens (including phenoxy) is 2. The molecule has 0 bridgehead atoms. The minimum Gasteiger partial charge on any atom is -0.394 e. The van der Waals surface area contributed by atoms with Crippen molar-refractivity contribution in [1.82, 2.24) is 5.32 Å². The quantitative estimate of drug-likeness (QED) is 0.0235. The average molecular weight is 826 g/mol. The summed E-state index contributed by atoms with van der Waals surface area (Å²) in [6.07, 6.45) is 35.2. The second-order valence-corrected chi connectivity index (χ2v) is 17.0. The van der Waals surface area contributed by atoms with Crippen LogP contribution in [0.4, 0.5) is 0 Å². The predicted octanol–water partition coefficient (Wildman–Crippen LogP) is 9.25. The Labute approximate surface area is 354 Å². The van der Waals surface area contributed by atoms with Crippen LogP contribution in [0.5, 0.6) is 0 Å². The Morgan fingerprint density at radius 2 is 1.02 bits per heavy atom. The lowest BCUT2D eigenvalue weighted by molar-refractivity contribution is -0.302. The number of carbonyl (C=O) groups excluding carboxylic acids is 1. The van der Waals surface area contributed by atoms with Gasteiger partial charge in [-0.15, -0.1) is 0 Å². The normalized spacial score (nSPS) is 21.6. The van der Waals surface area contributed by atoms with E-state index in [9.17, 15) is 35.4 Å². The summed E-state index contributed by atoms with van der Waals surface area (Å²) in [5.41, 5.74) is 0. The molecule has 10 heteroatoms. The van der Waals surface area contributed by atoms with Crippen LogP contribution in [0.3, 0.4) is 0 Å². The van der Waals surface area contributed by atoms with Gasteiger partial charge in [0.2, 0.25) is 5.91 Å². The van der Waals surface area contributed by atoms with E-state index in [1.807, 2.05) is 0 Å². The van der Waals surface area contributed by atoms with Gasteiger partial charge in [-0.2, -0.15) is 0 Å². The molecule has 0 aliphatic carbocycles. The Hall–Kier alpha value is -1.37. The Kier molecular flexibility index (Phi) is 36.3. The average Bonchev–Trinajstić information content (AvgIpc) is 3.22. The molecule has 0 aromatic heterocycles. The fourth-order valence-electron chi connectivity index (χ4n) is 7.67. The number of aliphatic hydroxyl groups excluding tert-OH is 6. The van der Waals surface area contributed by atoms with Crippen molar-refractivity contribution < 1.29 is 44.9 Å². The maximum atomic E-state index is 13.0. The molecular weight excluding hydrogens is 735 g/mol. The van der Waals surface area contributed by atoms with Crippen molar-refractivity contribution in [3.05, 3.63) is 24.3 Å². The topological polar surface area (TPSA) is 169 Å². The summed E-state index contributed by atoms with van der Waals surface area (Å²) >= 11 is 0. The molecule has 0 radical (unpaired) electrons. The molecule has 1 fully saturated rings. The molecule has 1 heterocycles. The molecule has 1 amide bonds. The first kappa shape index (κ1) is 54.6. The van der Waals surface area contributed by atoms with Crippen LogP contribution >= 0.6 is 0 Å². The molecule has 1 aliphatic rings. The fraction of sp³-hybridized carbons (Fsp3) is 0.896. The SMILES string of the molecule is CCCCCCCCCCC/C=C\C/C=C\CCCCCCCCC(O)C(=O)NC(COC1OC(CO)C(O)C(O)C1O)C(O)CCCCCCCCCCCCC. The number of hydrogen-bond donors (Lipinski definition) is 7. The lowest BCUT2D eigenvalue weighted by atomic mass is 9.99. The number of rotatable bonds is 40. The first-order valence-corrected chi connectivity index (χ1v) is 24.1. The van der Waals surface area contributed by atoms with Crippen LogP contribution in [-0.4, -0.2) is 98.7 Å². The van der Waals surface area contributed by atoms with Crippen molar-refractivity contribution in [3.63, 3.8) is 0 Å². The van der Waals surface area contributed by atoms with E-state index in [0.717, 1.165) is 70.6 Å². The van der Waals surface area contributed by atoms with E-state index >= 15 is 0 Å². The summed E-state index contributed by atoms with van der Waals surface area (Å²) in [5.74, 6) is -0.592. The third-order valence-electron chi connectivity index (χ3n) is 11.7. The van der Waals surface area contributed by atoms with Crippen molar-refractivity contribution in [2.75, 3.05) is 13.2 Å². The van der Waals surface area contributed by atoms with E-state index in [0.29, 0.717) is 19.3 Å². The van der Waals surface area contributed by atoms with E-state index in [-0.39, 0.29) is 6.61 Å². The van der Waals surface area contributed by atoms with Gasteiger partial charge in [-0.1, -0.05) is 192 Å². The molecule has 0 aromatic carbocycles. The molecular formula is C48H91NO9. The minimum absolute atomic E-state index is 0.258. The smallest absolute Gasteiger partial charge is 0.249 e. The molecule has 1 aliphatic heterocycles. The monoisotopic (exact) mass is 826 g/mol. The van der Waals surface area contributed by atoms with Crippen molar-refractivity contribution in [2.45, 2.75) is 262 Å². The first-order chi connectivity index (χ1) is 28.3. The van der Waals surface area contributed by atoms with Crippen molar-refractivity contribution in [1.29, 1.82) is 0 Å². The minimum atomic E-state index is -1.60. The van der Waals surface area contributed by atoms with Crippen LogP contribution in [0.15, 0.2) is 24.3 Å². The Bertz CT molecular complexity index is 979. The standard InChI is InChI=1S/C48H91NO9/c1-3-5-7-9-11-13-15-16-17-18-19-20-21-22-23-24-25-27-29-31-33-35-37-42(52)47(56)49-40(39-57-48-46(55)45(54)44(53)43(38-50)58-48)41(51)36-34-32-30-28-26-14-12-10-8-6-4-2/h19-20,22-23,40-46,48,50-55H,3-18,21,24-39H2,1-2H3,(H,49,56)/b20-19-,23-22-. The second-order valence-electron chi connectivity index (χ2n) is 17.0. The van der Waals surface area contributed by atoms with Crippen LogP contribution < -0.4 is 5.32 Å². The molecule has 342 valence electrons. The van der Waals surface area contributed by atoms with E-state index in [4.69, 9.17) is 9.47 Å². The van der Waals surface area contributed by atoms with Gasteiger partial charge in [0.15, 0.2) is 6.29 Å². The largest absolute Gasteiger partial charge is 0.394 e. The van der Waals surface area contributed by atoms with Gasteiger partial charge in [0, 0.05) is 0 Å². The maximum absolute atomic E-state index is 13.0. The lowest BCUT2D eigenvalue weighted by Crippen LogP contribution is -2.60. The summed E-state index contributed by atoms with van der Waals surface area (Å²) in [7, 11) is 0. The summed E-state index contributed by atoms with van der Waals surface area (Å²) in [6.45, 7) is 3.65. The zero-order valence-electron chi connectivity index (χ0n) is 37.2. The van der Waals surface area contributed by atoms with Gasteiger partial charge >= 0.3 is 0 Å². The Morgan fingerprint density at radius 1 is 0.586 bits per heavy atom. The molecule has 1 saturated heterocycles. The van der Waals surface area contributed by atoms with Gasteiger partial charge in [0.1, 0.15) is 30.5 Å². The number of amides is 1. The highest BCUT2D eigenvalue weighted by molar-refractivity contribution is 5.80. The molecule has 1 rings (SSSR count). The molecule has 0 aromatic rings. The van der Waals surface area contributed by atoms with Gasteiger partial charge < -0.3 is 45.4 Å². The second kappa shape index (κ2) is 38.5. The summed E-state index contributed by atoms with van der Waals surface area (Å²) in [6, 6.07) is -0.896. The van der Waals surface area contributed by atoms with Crippen molar-refractivity contribution in [3.8, 4) is 0 Å². The highest BCUT2D eigenvalue weighted by atomic mass is 16.7. The van der Waals surface area contributed by atoms with Crippen LogP contribution in [0.25, 0.3) is 0 Å². The number of aliphatic hydroxyl groups is 6. The van der Waals surface area contributed by atoms with E-state index < -0.39 is 61.5 Å². The third kappa shape index (κ3) is 28.2. The summed E-state index contributed by atoms with van der Waals surface area (Å²) < 4.78 is 11.2. The zero-order chi connectivity index (χ0) is 42.5. The molecule has 58 heavy (non-hydrogen) atoms. The lowest BCUT2D eigenvalue weighted by Gasteiger charge is -2.40. The molecule has 10 nitrogen and oxygen atoms in total. The number of carbonyl (C=O) groups is 1. The van der Waals surface area contributed by atoms with Gasteiger partial charge in [-0.3, -0.25) is 4.79 Å². The molecule has 8 atom stereocenters. The predicted molar refractivity (Wildman–Crippen MR) is 236 cm³/mol. The Morgan fingerprint density at radius 3 is 1.48 bits per heavy atom. The number of nitrogens with one attached hydrogen (secondary N) is 1. The van der Waals surface area contributed by atoms with E-state index in [1.165, 1.54) is 109 Å². The van der Waals surface area contributed by atoms with E-state index in [1.54, 1.807) is 0 Å². The fourth-order valence-corrected chi connectivity index (χ4v) is 7.67. The van der Waals surface area contributed by atoms with Gasteiger partial charge in [0.25, 0.3) is 0 Å². The van der Waals surface area contributed by atoms with Crippen molar-refractivity contribution >= 4 is 5.91 Å². The molecule has 0 spiro atoms. The van der Waals surface area contributed by atoms with E-state index in [2.05, 4.69) is 43.5 Å². The van der Waals surface area contributed by atoms with Crippen LogP contribution in [-0.2, 0) is 14.3 Å². The number of allylic oxidation sites excluding steroid dienone is 4. The maximum Gasteiger partial charge on any atom is 0.249 e. The van der Waals surface area contributed by atoms with Crippen LogP contribution in [0.1, 0.15) is 213 Å². The van der Waals surface area contributed by atoms with Gasteiger partial charge in [0.05, 0.1) is 25.4 Å². The molecule has 0 saturated carbocycles. The Balaban J connectivity index is 2.32. The van der Waals surface area contributed by atoms with Gasteiger partial charge in [-0.05, 0) is 44.9 Å². The molecule has 8 unspecified atom stereocenters. The highest BCUT2D eigenvalue weighted by Gasteiger charge is 2.44. The van der Waals surface area contributed by atoms with Crippen molar-refractivity contribution in [2.24, 2.45) is 0 Å². The van der Waals surface area contributed by atoms with Crippen LogP contribution in [0, 0.1) is 0 Å². The summed E-state index contributed by atoms with van der Waals surface area (Å²) in [4.78, 5) is 13.0. The number of hydrogen-bond acceptors (Lipinski definition) is 9. The number of unbranched alkanes of at least 4 members (excludes halogenated alkanes) is 25. The first-order valence-electron chi connectivity index (χ1n) is 24.1. The zero-order valence-corrected chi connectivity index (χ0v) is 37.2. The van der Waals surface area contributed by atoms with Crippen LogP contribution in [0.2, 0.25) is 0 Å². The summed E-state index contributed by atoms with van der Waals surface area (Å²) in [5, 5.41) is 64.8. The highest BCUT2D eigenvalue weighted by Crippen LogP contribution is 2.23. The third-order valence-corrected chi connectivity index (χ3v) is 11.7. The molecule has 7 N–H and O–H groups in total. The van der Waals surface area contributed by atoms with Gasteiger partial charge in [-0.25, -0.2) is 0 Å².